The normalized spacial score (nSPS) is 23.6. The highest BCUT2D eigenvalue weighted by molar-refractivity contribution is 5.29. The Morgan fingerprint density at radius 1 is 1.50 bits per heavy atom. The molecule has 2 rings (SSSR count). The lowest BCUT2D eigenvalue weighted by atomic mass is 9.65. The van der Waals surface area contributed by atoms with Gasteiger partial charge in [-0.2, -0.15) is 5.10 Å². The van der Waals surface area contributed by atoms with Crippen molar-refractivity contribution in [2.45, 2.75) is 52.5 Å². The number of methoxy groups -OCH3 is 1. The summed E-state index contributed by atoms with van der Waals surface area (Å²) in [6.07, 6.45) is 7.09. The molecule has 0 radical (unpaired) electrons. The zero-order valence-electron chi connectivity index (χ0n) is 13.6. The Hall–Kier alpha value is -1.03. The van der Waals surface area contributed by atoms with E-state index in [0.717, 1.165) is 12.3 Å². The number of ether oxygens (including phenoxy) is 1. The van der Waals surface area contributed by atoms with E-state index in [4.69, 9.17) is 4.74 Å². The third-order valence-corrected chi connectivity index (χ3v) is 4.88. The zero-order valence-corrected chi connectivity index (χ0v) is 13.6. The van der Waals surface area contributed by atoms with Crippen LogP contribution in [-0.2, 0) is 7.05 Å². The van der Waals surface area contributed by atoms with E-state index < -0.39 is 0 Å². The molecule has 1 N–H and O–H groups in total. The molecule has 1 aliphatic rings. The van der Waals surface area contributed by atoms with E-state index in [1.54, 1.807) is 7.11 Å². The van der Waals surface area contributed by atoms with E-state index in [1.165, 1.54) is 31.4 Å². The summed E-state index contributed by atoms with van der Waals surface area (Å²) in [5.74, 6) is 1.53. The predicted molar refractivity (Wildman–Crippen MR) is 81.9 cm³/mol. The Balaban J connectivity index is 2.37. The first-order valence-corrected chi connectivity index (χ1v) is 7.80. The van der Waals surface area contributed by atoms with Crippen molar-refractivity contribution >= 4 is 0 Å². The van der Waals surface area contributed by atoms with Gasteiger partial charge in [-0.1, -0.05) is 33.6 Å². The summed E-state index contributed by atoms with van der Waals surface area (Å²) < 4.78 is 7.50. The minimum atomic E-state index is 0.317. The second kappa shape index (κ2) is 6.17. The van der Waals surface area contributed by atoms with Gasteiger partial charge in [0.2, 0.25) is 0 Å². The second-order valence-corrected chi connectivity index (χ2v) is 6.60. The van der Waals surface area contributed by atoms with E-state index in [-0.39, 0.29) is 0 Å². The standard InChI is InChI=1S/C16H29N3O/c1-6-17-14(12-9-7-8-10-16(12,2)3)15-13(20-5)11-18-19(15)4/h11-12,14,17H,6-10H2,1-5H3. The van der Waals surface area contributed by atoms with E-state index >= 15 is 0 Å². The maximum Gasteiger partial charge on any atom is 0.161 e. The fourth-order valence-electron chi connectivity index (χ4n) is 3.73. The van der Waals surface area contributed by atoms with Crippen molar-refractivity contribution < 1.29 is 4.74 Å². The maximum absolute atomic E-state index is 5.53. The Morgan fingerprint density at radius 2 is 2.25 bits per heavy atom. The molecule has 4 nitrogen and oxygen atoms in total. The first-order chi connectivity index (χ1) is 9.51. The number of rotatable bonds is 5. The number of aromatic nitrogens is 2. The molecule has 4 heteroatoms. The van der Waals surface area contributed by atoms with Crippen LogP contribution in [0.5, 0.6) is 5.75 Å². The van der Waals surface area contributed by atoms with E-state index in [0.29, 0.717) is 17.4 Å². The highest BCUT2D eigenvalue weighted by atomic mass is 16.5. The Bertz CT molecular complexity index is 439. The molecule has 0 amide bonds. The molecule has 2 atom stereocenters. The third kappa shape index (κ3) is 2.85. The first kappa shape index (κ1) is 15.4. The van der Waals surface area contributed by atoms with Crippen LogP contribution in [0, 0.1) is 11.3 Å². The van der Waals surface area contributed by atoms with Crippen molar-refractivity contribution in [3.8, 4) is 5.75 Å². The molecule has 1 aromatic rings. The number of aryl methyl sites for hydroxylation is 1. The van der Waals surface area contributed by atoms with Crippen molar-refractivity contribution in [3.05, 3.63) is 11.9 Å². The molecule has 0 spiro atoms. The van der Waals surface area contributed by atoms with Gasteiger partial charge in [0.25, 0.3) is 0 Å². The lowest BCUT2D eigenvalue weighted by Gasteiger charge is -2.43. The van der Waals surface area contributed by atoms with Crippen LogP contribution in [-0.4, -0.2) is 23.4 Å². The highest BCUT2D eigenvalue weighted by Crippen LogP contribution is 2.47. The molecule has 1 aliphatic carbocycles. The summed E-state index contributed by atoms with van der Waals surface area (Å²) in [4.78, 5) is 0. The average molecular weight is 279 g/mol. The quantitative estimate of drug-likeness (QED) is 0.899. The van der Waals surface area contributed by atoms with Gasteiger partial charge in [0, 0.05) is 7.05 Å². The summed E-state index contributed by atoms with van der Waals surface area (Å²) >= 11 is 0. The van der Waals surface area contributed by atoms with Crippen LogP contribution < -0.4 is 10.1 Å². The molecule has 0 aliphatic heterocycles. The molecule has 1 saturated carbocycles. The highest BCUT2D eigenvalue weighted by Gasteiger charge is 2.40. The van der Waals surface area contributed by atoms with Crippen LogP contribution in [0.4, 0.5) is 0 Å². The van der Waals surface area contributed by atoms with Gasteiger partial charge in [0.15, 0.2) is 5.75 Å². The maximum atomic E-state index is 5.53. The monoisotopic (exact) mass is 279 g/mol. The van der Waals surface area contributed by atoms with Crippen molar-refractivity contribution in [2.75, 3.05) is 13.7 Å². The summed E-state index contributed by atoms with van der Waals surface area (Å²) in [7, 11) is 3.74. The van der Waals surface area contributed by atoms with Crippen molar-refractivity contribution in [2.24, 2.45) is 18.4 Å². The Labute approximate surface area is 122 Å². The van der Waals surface area contributed by atoms with E-state index in [1.807, 2.05) is 17.9 Å². The minimum Gasteiger partial charge on any atom is -0.493 e. The van der Waals surface area contributed by atoms with Crippen molar-refractivity contribution in [1.29, 1.82) is 0 Å². The van der Waals surface area contributed by atoms with Crippen molar-refractivity contribution in [1.82, 2.24) is 15.1 Å². The van der Waals surface area contributed by atoms with Gasteiger partial charge in [-0.15, -0.1) is 0 Å². The number of hydrogen-bond donors (Lipinski definition) is 1. The summed E-state index contributed by atoms with van der Waals surface area (Å²) in [5, 5.41) is 8.07. The first-order valence-electron chi connectivity index (χ1n) is 7.80. The van der Waals surface area contributed by atoms with E-state index in [2.05, 4.69) is 31.2 Å². The lowest BCUT2D eigenvalue weighted by molar-refractivity contribution is 0.0946. The molecule has 0 bridgehead atoms. The van der Waals surface area contributed by atoms with E-state index in [9.17, 15) is 0 Å². The molecule has 1 aromatic heterocycles. The van der Waals surface area contributed by atoms with Crippen LogP contribution in [0.2, 0.25) is 0 Å². The fourth-order valence-corrected chi connectivity index (χ4v) is 3.73. The lowest BCUT2D eigenvalue weighted by Crippen LogP contribution is -2.40. The smallest absolute Gasteiger partial charge is 0.161 e. The van der Waals surface area contributed by atoms with Crippen molar-refractivity contribution in [3.63, 3.8) is 0 Å². The number of nitrogens with one attached hydrogen (secondary N) is 1. The minimum absolute atomic E-state index is 0.317. The Kier molecular flexibility index (Phi) is 4.74. The van der Waals surface area contributed by atoms with Gasteiger partial charge < -0.3 is 10.1 Å². The molecule has 1 fully saturated rings. The molecule has 20 heavy (non-hydrogen) atoms. The molecule has 2 unspecified atom stereocenters. The fraction of sp³-hybridized carbons (Fsp3) is 0.812. The molecule has 0 saturated heterocycles. The van der Waals surface area contributed by atoms with Gasteiger partial charge in [0.05, 0.1) is 25.0 Å². The van der Waals surface area contributed by atoms with Crippen LogP contribution in [0.15, 0.2) is 6.20 Å². The largest absolute Gasteiger partial charge is 0.493 e. The summed E-state index contributed by atoms with van der Waals surface area (Å²) in [5.41, 5.74) is 1.55. The third-order valence-electron chi connectivity index (χ3n) is 4.88. The topological polar surface area (TPSA) is 39.1 Å². The number of nitrogens with zero attached hydrogens (tertiary/aromatic N) is 2. The van der Waals surface area contributed by atoms with Gasteiger partial charge in [-0.25, -0.2) is 0 Å². The molecular formula is C16H29N3O. The SMILES string of the molecule is CCNC(c1c(OC)cnn1C)C1CCCCC1(C)C. The molecule has 0 aromatic carbocycles. The van der Waals surface area contributed by atoms with Gasteiger partial charge in [-0.05, 0) is 30.7 Å². The summed E-state index contributed by atoms with van der Waals surface area (Å²) in [6.45, 7) is 7.95. The second-order valence-electron chi connectivity index (χ2n) is 6.60. The molecule has 1 heterocycles. The van der Waals surface area contributed by atoms with Crippen LogP contribution in [0.3, 0.4) is 0 Å². The van der Waals surface area contributed by atoms with Crippen LogP contribution in [0.1, 0.15) is 58.2 Å². The average Bonchev–Trinajstić information content (AvgIpc) is 2.77. The molecule has 114 valence electrons. The predicted octanol–water partition coefficient (Wildman–Crippen LogP) is 3.30. The van der Waals surface area contributed by atoms with Crippen LogP contribution >= 0.6 is 0 Å². The summed E-state index contributed by atoms with van der Waals surface area (Å²) in [6, 6.07) is 0.317. The van der Waals surface area contributed by atoms with Gasteiger partial charge in [0.1, 0.15) is 0 Å². The van der Waals surface area contributed by atoms with Gasteiger partial charge >= 0.3 is 0 Å². The van der Waals surface area contributed by atoms with Crippen LogP contribution in [0.25, 0.3) is 0 Å². The molecular weight excluding hydrogens is 250 g/mol. The van der Waals surface area contributed by atoms with Gasteiger partial charge in [-0.3, -0.25) is 4.68 Å². The number of hydrogen-bond acceptors (Lipinski definition) is 3. The zero-order chi connectivity index (χ0) is 14.8. The Morgan fingerprint density at radius 3 is 2.85 bits per heavy atom.